The quantitative estimate of drug-likeness (QED) is 0.283. The van der Waals surface area contributed by atoms with Gasteiger partial charge in [-0.05, 0) is 64.6 Å². The highest BCUT2D eigenvalue weighted by Gasteiger charge is 2.34. The van der Waals surface area contributed by atoms with Gasteiger partial charge in [0.2, 0.25) is 0 Å². The van der Waals surface area contributed by atoms with Gasteiger partial charge in [0.1, 0.15) is 17.1 Å². The number of hydrogen-bond acceptors (Lipinski definition) is 5. The number of ether oxygens (including phenoxy) is 1. The second-order valence-electron chi connectivity index (χ2n) is 4.93. The van der Waals surface area contributed by atoms with Crippen molar-refractivity contribution in [1.29, 1.82) is 0 Å². The van der Waals surface area contributed by atoms with Gasteiger partial charge in [-0.1, -0.05) is 0 Å². The van der Waals surface area contributed by atoms with Crippen molar-refractivity contribution in [3.8, 4) is 5.75 Å². The summed E-state index contributed by atoms with van der Waals surface area (Å²) in [5.41, 5.74) is 0.457. The first-order valence-corrected chi connectivity index (χ1v) is 9.19. The highest BCUT2D eigenvalue weighted by atomic mass is 127. The molecule has 2 aromatic rings. The molecule has 9 heteroatoms. The second-order valence-corrected chi connectivity index (χ2v) is 7.15. The molecular weight excluding hydrogens is 523 g/mol. The zero-order valence-corrected chi connectivity index (χ0v) is 17.3. The van der Waals surface area contributed by atoms with Gasteiger partial charge < -0.3 is 9.15 Å². The van der Waals surface area contributed by atoms with E-state index in [0.29, 0.717) is 21.0 Å². The fourth-order valence-corrected chi connectivity index (χ4v) is 3.20. The Balaban J connectivity index is 1.98. The fraction of sp³-hybridized carbons (Fsp3) is 0.0625. The van der Waals surface area contributed by atoms with Gasteiger partial charge in [0.25, 0.3) is 11.8 Å². The van der Waals surface area contributed by atoms with Crippen molar-refractivity contribution in [3.05, 3.63) is 49.9 Å². The number of carbonyl (C=O) groups is 2. The van der Waals surface area contributed by atoms with E-state index in [1.807, 2.05) is 22.6 Å². The number of hydrogen-bond donors (Lipinski definition) is 1. The van der Waals surface area contributed by atoms with Crippen molar-refractivity contribution in [2.45, 2.75) is 0 Å². The average Bonchev–Trinajstić information content (AvgIpc) is 2.90. The first kappa shape index (κ1) is 18.1. The third kappa shape index (κ3) is 3.62. The summed E-state index contributed by atoms with van der Waals surface area (Å²) >= 11 is 10.5. The lowest BCUT2D eigenvalue weighted by Gasteiger charge is -2.28. The summed E-state index contributed by atoms with van der Waals surface area (Å²) in [7, 11) is 1.55. The molecule has 3 rings (SSSR count). The van der Waals surface area contributed by atoms with Crippen LogP contribution in [0.4, 0.5) is 5.69 Å². The number of carbonyl (C=O) groups excluding carboxylic acids is 2. The van der Waals surface area contributed by atoms with Gasteiger partial charge in [-0.25, -0.2) is 0 Å². The lowest BCUT2D eigenvalue weighted by molar-refractivity contribution is -0.122. The molecule has 0 radical (unpaired) electrons. The summed E-state index contributed by atoms with van der Waals surface area (Å²) in [5, 5.41) is 2.54. The third-order valence-electron chi connectivity index (χ3n) is 3.38. The predicted octanol–water partition coefficient (Wildman–Crippen LogP) is 3.49. The van der Waals surface area contributed by atoms with Crippen LogP contribution in [0, 0.1) is 3.77 Å². The van der Waals surface area contributed by atoms with Crippen LogP contribution in [0.2, 0.25) is 0 Å². The maximum absolute atomic E-state index is 12.8. The summed E-state index contributed by atoms with van der Waals surface area (Å²) in [6.07, 6.45) is 1.39. The Labute approximate surface area is 170 Å². The number of benzene rings is 1. The van der Waals surface area contributed by atoms with Crippen molar-refractivity contribution < 1.29 is 18.7 Å². The number of methoxy groups -OCH3 is 1. The zero-order valence-electron chi connectivity index (χ0n) is 12.7. The lowest BCUT2D eigenvalue weighted by atomic mass is 10.1. The van der Waals surface area contributed by atoms with Crippen LogP contribution in [-0.4, -0.2) is 24.0 Å². The predicted molar refractivity (Wildman–Crippen MR) is 108 cm³/mol. The molecule has 25 heavy (non-hydrogen) atoms. The molecule has 2 amide bonds. The van der Waals surface area contributed by atoms with E-state index in [-0.39, 0.29) is 10.7 Å². The van der Waals surface area contributed by atoms with Crippen LogP contribution in [0.25, 0.3) is 6.08 Å². The van der Waals surface area contributed by atoms with E-state index in [1.54, 1.807) is 37.4 Å². The fourth-order valence-electron chi connectivity index (χ4n) is 2.20. The van der Waals surface area contributed by atoms with Crippen molar-refractivity contribution in [3.63, 3.8) is 0 Å². The third-order valence-corrected chi connectivity index (χ3v) is 5.80. The number of amides is 2. The summed E-state index contributed by atoms with van der Waals surface area (Å²) < 4.78 is 11.9. The van der Waals surface area contributed by atoms with Gasteiger partial charge in [-0.15, -0.1) is 0 Å². The van der Waals surface area contributed by atoms with E-state index in [1.165, 1.54) is 11.0 Å². The van der Waals surface area contributed by atoms with Crippen LogP contribution < -0.4 is 15.0 Å². The smallest absolute Gasteiger partial charge is 0.270 e. The molecule has 1 fully saturated rings. The SMILES string of the molecule is COc1ccc(N2C(=O)/C(=C/c3cc(Br)c(I)o3)C(=O)NC2=S)cc1. The van der Waals surface area contributed by atoms with Gasteiger partial charge in [0.05, 0.1) is 17.3 Å². The molecule has 1 saturated heterocycles. The van der Waals surface area contributed by atoms with Crippen LogP contribution in [0.1, 0.15) is 5.76 Å². The Bertz CT molecular complexity index is 888. The van der Waals surface area contributed by atoms with E-state index in [2.05, 4.69) is 21.2 Å². The molecule has 2 heterocycles. The number of halogens is 2. The first-order valence-electron chi connectivity index (χ1n) is 6.91. The van der Waals surface area contributed by atoms with Gasteiger partial charge in [0, 0.05) is 22.6 Å². The van der Waals surface area contributed by atoms with E-state index in [4.69, 9.17) is 21.4 Å². The maximum atomic E-state index is 12.8. The van der Waals surface area contributed by atoms with Crippen molar-refractivity contribution in [2.24, 2.45) is 0 Å². The Morgan fingerprint density at radius 2 is 2.00 bits per heavy atom. The summed E-state index contributed by atoms with van der Waals surface area (Å²) in [5.74, 6) is -0.0602. The Kier molecular flexibility index (Phi) is 5.25. The largest absolute Gasteiger partial charge is 0.497 e. The molecule has 1 aliphatic rings. The molecule has 0 bridgehead atoms. The monoisotopic (exact) mass is 532 g/mol. The van der Waals surface area contributed by atoms with Crippen molar-refractivity contribution >= 4 is 79.4 Å². The molecule has 1 aromatic carbocycles. The van der Waals surface area contributed by atoms with Crippen molar-refractivity contribution in [1.82, 2.24) is 5.32 Å². The Hall–Kier alpha value is -1.72. The van der Waals surface area contributed by atoms with E-state index in [9.17, 15) is 9.59 Å². The van der Waals surface area contributed by atoms with E-state index >= 15 is 0 Å². The Morgan fingerprint density at radius 1 is 1.32 bits per heavy atom. The highest BCUT2D eigenvalue weighted by molar-refractivity contribution is 14.1. The number of furan rings is 1. The topological polar surface area (TPSA) is 71.8 Å². The minimum atomic E-state index is -0.567. The molecular formula is C16H10BrIN2O4S. The van der Waals surface area contributed by atoms with E-state index < -0.39 is 11.8 Å². The van der Waals surface area contributed by atoms with Gasteiger partial charge >= 0.3 is 0 Å². The van der Waals surface area contributed by atoms with Gasteiger partial charge in [0.15, 0.2) is 8.88 Å². The molecule has 0 spiro atoms. The lowest BCUT2D eigenvalue weighted by Crippen LogP contribution is -2.54. The number of anilines is 1. The minimum absolute atomic E-state index is 0.0209. The number of thiocarbonyl (C=S) groups is 1. The van der Waals surface area contributed by atoms with Crippen molar-refractivity contribution in [2.75, 3.05) is 12.0 Å². The molecule has 6 nitrogen and oxygen atoms in total. The summed E-state index contributed by atoms with van der Waals surface area (Å²) in [4.78, 5) is 26.3. The van der Waals surface area contributed by atoms with Crippen LogP contribution in [0.3, 0.4) is 0 Å². The number of nitrogens with one attached hydrogen (secondary N) is 1. The molecule has 128 valence electrons. The standard InChI is InChI=1S/C16H10BrIN2O4S/c1-23-9-4-2-8(3-5-9)20-15(22)11(14(21)19-16(20)25)6-10-7-12(17)13(18)24-10/h2-7H,1H3,(H,19,21,25)/b11-6+. The molecule has 0 aliphatic carbocycles. The van der Waals surface area contributed by atoms with Crippen LogP contribution in [0.15, 0.2) is 44.8 Å². The van der Waals surface area contributed by atoms with E-state index in [0.717, 1.165) is 4.47 Å². The van der Waals surface area contributed by atoms with Crippen LogP contribution in [0.5, 0.6) is 5.75 Å². The highest BCUT2D eigenvalue weighted by Crippen LogP contribution is 2.27. The second kappa shape index (κ2) is 7.26. The minimum Gasteiger partial charge on any atom is -0.497 e. The number of nitrogens with zero attached hydrogens (tertiary/aromatic N) is 1. The average molecular weight is 533 g/mol. The molecule has 0 atom stereocenters. The summed E-state index contributed by atoms with van der Waals surface area (Å²) in [6.45, 7) is 0. The van der Waals surface area contributed by atoms with Gasteiger partial charge in [-0.2, -0.15) is 0 Å². The maximum Gasteiger partial charge on any atom is 0.270 e. The van der Waals surface area contributed by atoms with Crippen LogP contribution in [-0.2, 0) is 9.59 Å². The Morgan fingerprint density at radius 3 is 2.56 bits per heavy atom. The summed E-state index contributed by atoms with van der Waals surface area (Å²) in [6, 6.07) is 8.46. The van der Waals surface area contributed by atoms with Crippen LogP contribution >= 0.6 is 50.7 Å². The molecule has 1 aliphatic heterocycles. The normalized spacial score (nSPS) is 16.4. The molecule has 0 saturated carbocycles. The molecule has 0 unspecified atom stereocenters. The zero-order chi connectivity index (χ0) is 18.1. The molecule has 1 N–H and O–H groups in total. The molecule has 1 aromatic heterocycles. The first-order chi connectivity index (χ1) is 11.9. The number of rotatable bonds is 3. The van der Waals surface area contributed by atoms with Gasteiger partial charge in [-0.3, -0.25) is 19.8 Å².